The molecule has 0 unspecified atom stereocenters. The predicted molar refractivity (Wildman–Crippen MR) is 149 cm³/mol. The van der Waals surface area contributed by atoms with E-state index in [1.54, 1.807) is 0 Å². The van der Waals surface area contributed by atoms with Gasteiger partial charge in [-0.1, -0.05) is 39.0 Å². The molecule has 7 nitrogen and oxygen atoms in total. The number of amides is 2. The number of fused-ring (bicyclic) bond motifs is 1. The first-order valence-corrected chi connectivity index (χ1v) is 13.6. The summed E-state index contributed by atoms with van der Waals surface area (Å²) in [6.07, 6.45) is 8.87. The smallest absolute Gasteiger partial charge is 0.319 e. The molecule has 0 radical (unpaired) electrons. The van der Waals surface area contributed by atoms with Crippen LogP contribution in [-0.2, 0) is 18.3 Å². The SMILES string of the molecule is Cc1cccc(C(C)(C)C)c1NC(=O)NC[C@H]1CC[C@@H](Nc2nc3c(c(N(C)C)n2)CCCC3)CC1. The number of carbonyl (C=O) groups is 1. The van der Waals surface area contributed by atoms with Crippen LogP contribution in [0.5, 0.6) is 0 Å². The van der Waals surface area contributed by atoms with Crippen LogP contribution in [-0.4, -0.2) is 42.7 Å². The largest absolute Gasteiger partial charge is 0.362 e. The molecular weight excluding hydrogens is 448 g/mol. The fourth-order valence-electron chi connectivity index (χ4n) is 5.56. The van der Waals surface area contributed by atoms with Gasteiger partial charge in [0, 0.05) is 37.9 Å². The van der Waals surface area contributed by atoms with Gasteiger partial charge in [-0.3, -0.25) is 0 Å². The molecule has 1 aromatic heterocycles. The number of nitrogens with one attached hydrogen (secondary N) is 3. The number of anilines is 3. The van der Waals surface area contributed by atoms with Crippen molar-refractivity contribution in [2.24, 2.45) is 5.92 Å². The molecule has 1 heterocycles. The van der Waals surface area contributed by atoms with Gasteiger partial charge < -0.3 is 20.9 Å². The average Bonchev–Trinajstić information content (AvgIpc) is 2.83. The molecule has 0 bridgehead atoms. The van der Waals surface area contributed by atoms with Crippen LogP contribution in [0.15, 0.2) is 18.2 Å². The maximum absolute atomic E-state index is 12.7. The second-order valence-corrected chi connectivity index (χ2v) is 11.8. The minimum absolute atomic E-state index is 0.0326. The van der Waals surface area contributed by atoms with Crippen LogP contribution in [0.4, 0.5) is 22.2 Å². The lowest BCUT2D eigenvalue weighted by atomic mass is 9.84. The molecule has 7 heteroatoms. The number of benzene rings is 1. The van der Waals surface area contributed by atoms with Crippen molar-refractivity contribution in [1.29, 1.82) is 0 Å². The molecule has 3 N–H and O–H groups in total. The number of hydrogen-bond acceptors (Lipinski definition) is 5. The molecule has 2 amide bonds. The number of nitrogens with zero attached hydrogens (tertiary/aromatic N) is 3. The van der Waals surface area contributed by atoms with E-state index in [1.807, 2.05) is 13.0 Å². The summed E-state index contributed by atoms with van der Waals surface area (Å²) in [6.45, 7) is 9.28. The lowest BCUT2D eigenvalue weighted by Crippen LogP contribution is -2.36. The standard InChI is InChI=1S/C29H44N6O/c1-19-10-9-12-23(29(2,3)4)25(19)33-28(36)30-18-20-14-16-21(17-15-20)31-27-32-24-13-8-7-11-22(24)26(34-27)35(5)6/h9-10,12,20-21H,7-8,11,13-18H2,1-6H3,(H2,30,33,36)(H,31,32,34)/t20-,21+. The maximum Gasteiger partial charge on any atom is 0.319 e. The second kappa shape index (κ2) is 11.1. The van der Waals surface area contributed by atoms with Crippen molar-refractivity contribution in [3.63, 3.8) is 0 Å². The number of urea groups is 1. The van der Waals surface area contributed by atoms with E-state index in [9.17, 15) is 4.79 Å². The number of aromatic nitrogens is 2. The molecular formula is C29H44N6O. The zero-order chi connectivity index (χ0) is 25.9. The minimum atomic E-state index is -0.117. The molecule has 2 aliphatic carbocycles. The first kappa shape index (κ1) is 26.2. The van der Waals surface area contributed by atoms with Crippen LogP contribution in [0.1, 0.15) is 81.7 Å². The number of carbonyl (C=O) groups excluding carboxylic acids is 1. The Balaban J connectivity index is 1.28. The molecule has 1 aromatic carbocycles. The van der Waals surface area contributed by atoms with Crippen molar-refractivity contribution in [3.05, 3.63) is 40.6 Å². The Labute approximate surface area is 216 Å². The summed E-state index contributed by atoms with van der Waals surface area (Å²) in [5.41, 5.74) is 5.68. The van der Waals surface area contributed by atoms with Gasteiger partial charge in [-0.15, -0.1) is 0 Å². The molecule has 2 aromatic rings. The summed E-state index contributed by atoms with van der Waals surface area (Å²) in [5, 5.41) is 9.87. The highest BCUT2D eigenvalue weighted by Gasteiger charge is 2.25. The Kier molecular flexibility index (Phi) is 8.06. The number of aryl methyl sites for hydroxylation is 2. The van der Waals surface area contributed by atoms with Crippen molar-refractivity contribution in [1.82, 2.24) is 15.3 Å². The van der Waals surface area contributed by atoms with Gasteiger partial charge in [0.2, 0.25) is 5.95 Å². The fraction of sp³-hybridized carbons (Fsp3) is 0.621. The van der Waals surface area contributed by atoms with Gasteiger partial charge in [-0.05, 0) is 80.8 Å². The average molecular weight is 493 g/mol. The molecule has 0 atom stereocenters. The lowest BCUT2D eigenvalue weighted by molar-refractivity contribution is 0.246. The fourth-order valence-corrected chi connectivity index (χ4v) is 5.56. The van der Waals surface area contributed by atoms with Crippen molar-refractivity contribution < 1.29 is 4.79 Å². The third-order valence-electron chi connectivity index (χ3n) is 7.64. The maximum atomic E-state index is 12.7. The predicted octanol–water partition coefficient (Wildman–Crippen LogP) is 5.82. The van der Waals surface area contributed by atoms with Crippen LogP contribution in [0.25, 0.3) is 0 Å². The first-order chi connectivity index (χ1) is 17.1. The van der Waals surface area contributed by atoms with Gasteiger partial charge in [0.15, 0.2) is 0 Å². The van der Waals surface area contributed by atoms with Crippen molar-refractivity contribution in [3.8, 4) is 0 Å². The summed E-state index contributed by atoms with van der Waals surface area (Å²) in [5.74, 6) is 2.33. The Morgan fingerprint density at radius 2 is 1.78 bits per heavy atom. The van der Waals surface area contributed by atoms with Gasteiger partial charge in [0.1, 0.15) is 5.82 Å². The number of hydrogen-bond donors (Lipinski definition) is 3. The van der Waals surface area contributed by atoms with Gasteiger partial charge in [0.25, 0.3) is 0 Å². The van der Waals surface area contributed by atoms with Crippen LogP contribution in [0, 0.1) is 12.8 Å². The molecule has 0 spiro atoms. The van der Waals surface area contributed by atoms with E-state index in [2.05, 4.69) is 67.8 Å². The summed E-state index contributed by atoms with van der Waals surface area (Å²) in [6, 6.07) is 6.47. The summed E-state index contributed by atoms with van der Waals surface area (Å²) < 4.78 is 0. The molecule has 0 aliphatic heterocycles. The molecule has 4 rings (SSSR count). The highest BCUT2D eigenvalue weighted by atomic mass is 16.2. The van der Waals surface area contributed by atoms with Crippen LogP contribution < -0.4 is 20.9 Å². The quantitative estimate of drug-likeness (QED) is 0.473. The topological polar surface area (TPSA) is 82.2 Å². The van der Waals surface area contributed by atoms with E-state index >= 15 is 0 Å². The monoisotopic (exact) mass is 492 g/mol. The van der Waals surface area contributed by atoms with Gasteiger partial charge >= 0.3 is 6.03 Å². The van der Waals surface area contributed by atoms with Gasteiger partial charge in [0.05, 0.1) is 5.69 Å². The highest BCUT2D eigenvalue weighted by molar-refractivity contribution is 5.91. The zero-order valence-corrected chi connectivity index (χ0v) is 23.0. The Hall–Kier alpha value is -2.83. The summed E-state index contributed by atoms with van der Waals surface area (Å²) in [4.78, 5) is 24.6. The Morgan fingerprint density at radius 3 is 2.47 bits per heavy atom. The van der Waals surface area contributed by atoms with Crippen molar-refractivity contribution >= 4 is 23.5 Å². The van der Waals surface area contributed by atoms with E-state index in [-0.39, 0.29) is 11.4 Å². The number of rotatable bonds is 6. The first-order valence-electron chi connectivity index (χ1n) is 13.6. The molecule has 1 fully saturated rings. The zero-order valence-electron chi connectivity index (χ0n) is 23.0. The highest BCUT2D eigenvalue weighted by Crippen LogP contribution is 2.32. The normalized spacial score (nSPS) is 19.8. The van der Waals surface area contributed by atoms with E-state index in [0.29, 0.717) is 18.5 Å². The third-order valence-corrected chi connectivity index (χ3v) is 7.64. The lowest BCUT2D eigenvalue weighted by Gasteiger charge is -2.30. The molecule has 36 heavy (non-hydrogen) atoms. The van der Waals surface area contributed by atoms with Crippen LogP contribution in [0.2, 0.25) is 0 Å². The van der Waals surface area contributed by atoms with Crippen molar-refractivity contribution in [2.45, 2.75) is 90.5 Å². The molecule has 2 aliphatic rings. The van der Waals surface area contributed by atoms with Crippen LogP contribution in [0.3, 0.4) is 0 Å². The second-order valence-electron chi connectivity index (χ2n) is 11.8. The Bertz CT molecular complexity index is 1070. The molecule has 0 saturated heterocycles. The van der Waals surface area contributed by atoms with E-state index in [1.165, 1.54) is 24.1 Å². The van der Waals surface area contributed by atoms with Gasteiger partial charge in [-0.2, -0.15) is 4.98 Å². The van der Waals surface area contributed by atoms with E-state index in [0.717, 1.165) is 67.1 Å². The van der Waals surface area contributed by atoms with Crippen molar-refractivity contribution in [2.75, 3.05) is 36.2 Å². The van der Waals surface area contributed by atoms with Crippen LogP contribution >= 0.6 is 0 Å². The minimum Gasteiger partial charge on any atom is -0.362 e. The third kappa shape index (κ3) is 6.29. The Morgan fingerprint density at radius 1 is 1.06 bits per heavy atom. The number of para-hydroxylation sites is 1. The summed E-state index contributed by atoms with van der Waals surface area (Å²) in [7, 11) is 4.14. The van der Waals surface area contributed by atoms with E-state index in [4.69, 9.17) is 9.97 Å². The molecule has 1 saturated carbocycles. The summed E-state index contributed by atoms with van der Waals surface area (Å²) >= 11 is 0. The van der Waals surface area contributed by atoms with E-state index < -0.39 is 0 Å². The van der Waals surface area contributed by atoms with Gasteiger partial charge in [-0.25, -0.2) is 9.78 Å². The molecule has 196 valence electrons.